The summed E-state index contributed by atoms with van der Waals surface area (Å²) in [5, 5.41) is 3.31. The molecule has 2 atom stereocenters. The fourth-order valence-electron chi connectivity index (χ4n) is 2.99. The first-order valence-corrected chi connectivity index (χ1v) is 5.61. The number of esters is 1. The van der Waals surface area contributed by atoms with Crippen LogP contribution in [-0.4, -0.2) is 26.2 Å². The maximum atomic E-state index is 11.5. The van der Waals surface area contributed by atoms with Gasteiger partial charge in [-0.1, -0.05) is 25.7 Å². The first-order chi connectivity index (χ1) is 6.83. The molecule has 4 heteroatoms. The Morgan fingerprint density at radius 1 is 1.27 bits per heavy atom. The smallest absolute Gasteiger partial charge is 0.310 e. The second-order valence-electron chi connectivity index (χ2n) is 4.50. The van der Waals surface area contributed by atoms with Crippen molar-refractivity contribution >= 4 is 18.4 Å². The van der Waals surface area contributed by atoms with Crippen LogP contribution in [-0.2, 0) is 9.53 Å². The van der Waals surface area contributed by atoms with Gasteiger partial charge in [0.15, 0.2) is 0 Å². The molecule has 1 heterocycles. The fourth-order valence-corrected chi connectivity index (χ4v) is 2.99. The highest BCUT2D eigenvalue weighted by Crippen LogP contribution is 2.37. The van der Waals surface area contributed by atoms with Crippen LogP contribution in [0, 0.1) is 17.8 Å². The van der Waals surface area contributed by atoms with Gasteiger partial charge in [-0.2, -0.15) is 0 Å². The molecule has 1 aliphatic carbocycles. The molecule has 1 aliphatic heterocycles. The summed E-state index contributed by atoms with van der Waals surface area (Å²) in [6.45, 7) is 1.82. The minimum atomic E-state index is -0.0214. The van der Waals surface area contributed by atoms with Crippen LogP contribution < -0.4 is 5.32 Å². The van der Waals surface area contributed by atoms with Crippen molar-refractivity contribution in [3.63, 3.8) is 0 Å². The SMILES string of the molecule is COC(=O)C1CNCC1C1CCCC1.Cl. The van der Waals surface area contributed by atoms with Gasteiger partial charge in [0.2, 0.25) is 0 Å². The van der Waals surface area contributed by atoms with E-state index in [0.717, 1.165) is 19.0 Å². The molecule has 0 aromatic heterocycles. The van der Waals surface area contributed by atoms with Crippen LogP contribution in [0.4, 0.5) is 0 Å². The van der Waals surface area contributed by atoms with Gasteiger partial charge >= 0.3 is 5.97 Å². The molecule has 1 saturated heterocycles. The number of halogens is 1. The molecule has 2 rings (SSSR count). The number of nitrogens with one attached hydrogen (secondary N) is 1. The molecule has 15 heavy (non-hydrogen) atoms. The monoisotopic (exact) mass is 233 g/mol. The Morgan fingerprint density at radius 3 is 2.53 bits per heavy atom. The number of carbonyl (C=O) groups excluding carboxylic acids is 1. The number of methoxy groups -OCH3 is 1. The first-order valence-electron chi connectivity index (χ1n) is 5.61. The van der Waals surface area contributed by atoms with Crippen molar-refractivity contribution in [1.29, 1.82) is 0 Å². The maximum Gasteiger partial charge on any atom is 0.310 e. The van der Waals surface area contributed by atoms with Crippen molar-refractivity contribution in [2.45, 2.75) is 25.7 Å². The van der Waals surface area contributed by atoms with Crippen LogP contribution in [0.3, 0.4) is 0 Å². The second kappa shape index (κ2) is 5.71. The summed E-state index contributed by atoms with van der Waals surface area (Å²) in [5.41, 5.74) is 0. The Kier molecular flexibility index (Phi) is 4.87. The summed E-state index contributed by atoms with van der Waals surface area (Å²) < 4.78 is 4.85. The molecule has 1 saturated carbocycles. The van der Waals surface area contributed by atoms with E-state index in [0.29, 0.717) is 5.92 Å². The van der Waals surface area contributed by atoms with Crippen molar-refractivity contribution in [1.82, 2.24) is 5.32 Å². The minimum absolute atomic E-state index is 0. The molecule has 0 amide bonds. The van der Waals surface area contributed by atoms with Crippen LogP contribution in [0.25, 0.3) is 0 Å². The van der Waals surface area contributed by atoms with Crippen molar-refractivity contribution in [3.8, 4) is 0 Å². The standard InChI is InChI=1S/C11H19NO2.ClH/c1-14-11(13)10-7-12-6-9(10)8-4-2-3-5-8;/h8-10,12H,2-7H2,1H3;1H. The van der Waals surface area contributed by atoms with E-state index in [-0.39, 0.29) is 24.3 Å². The van der Waals surface area contributed by atoms with Gasteiger partial charge in [0.1, 0.15) is 0 Å². The Morgan fingerprint density at radius 2 is 1.93 bits per heavy atom. The number of rotatable bonds is 2. The lowest BCUT2D eigenvalue weighted by atomic mass is 9.83. The van der Waals surface area contributed by atoms with E-state index >= 15 is 0 Å². The van der Waals surface area contributed by atoms with E-state index in [1.807, 2.05) is 0 Å². The molecule has 88 valence electrons. The third-order valence-corrected chi connectivity index (χ3v) is 3.77. The average molecular weight is 234 g/mol. The topological polar surface area (TPSA) is 38.3 Å². The maximum absolute atomic E-state index is 11.5. The van der Waals surface area contributed by atoms with Crippen LogP contribution in [0.1, 0.15) is 25.7 Å². The zero-order valence-electron chi connectivity index (χ0n) is 9.20. The van der Waals surface area contributed by atoms with Crippen molar-refractivity contribution in [2.75, 3.05) is 20.2 Å². The summed E-state index contributed by atoms with van der Waals surface area (Å²) in [5.74, 6) is 1.38. The van der Waals surface area contributed by atoms with E-state index in [1.54, 1.807) is 0 Å². The molecule has 2 unspecified atom stereocenters. The summed E-state index contributed by atoms with van der Waals surface area (Å²) in [6.07, 6.45) is 5.30. The Hall–Kier alpha value is -0.280. The van der Waals surface area contributed by atoms with Crippen LogP contribution in [0.2, 0.25) is 0 Å². The molecule has 2 aliphatic rings. The van der Waals surface area contributed by atoms with E-state index in [4.69, 9.17) is 4.74 Å². The highest BCUT2D eigenvalue weighted by molar-refractivity contribution is 5.85. The van der Waals surface area contributed by atoms with Gasteiger partial charge in [-0.25, -0.2) is 0 Å². The van der Waals surface area contributed by atoms with E-state index in [2.05, 4.69) is 5.32 Å². The summed E-state index contributed by atoms with van der Waals surface area (Å²) in [7, 11) is 1.49. The lowest BCUT2D eigenvalue weighted by Crippen LogP contribution is -2.28. The fraction of sp³-hybridized carbons (Fsp3) is 0.909. The van der Waals surface area contributed by atoms with Gasteiger partial charge in [-0.15, -0.1) is 12.4 Å². The highest BCUT2D eigenvalue weighted by atomic mass is 35.5. The summed E-state index contributed by atoms with van der Waals surface area (Å²) in [4.78, 5) is 11.5. The normalized spacial score (nSPS) is 31.3. The van der Waals surface area contributed by atoms with Crippen LogP contribution in [0.5, 0.6) is 0 Å². The van der Waals surface area contributed by atoms with Gasteiger partial charge in [-0.3, -0.25) is 4.79 Å². The van der Waals surface area contributed by atoms with Crippen LogP contribution >= 0.6 is 12.4 Å². The molecule has 1 N–H and O–H groups in total. The van der Waals surface area contributed by atoms with E-state index < -0.39 is 0 Å². The van der Waals surface area contributed by atoms with E-state index in [1.165, 1.54) is 32.8 Å². The minimum Gasteiger partial charge on any atom is -0.469 e. The molecule has 0 aromatic rings. The van der Waals surface area contributed by atoms with E-state index in [9.17, 15) is 4.79 Å². The molecular weight excluding hydrogens is 214 g/mol. The molecule has 2 fully saturated rings. The summed E-state index contributed by atoms with van der Waals surface area (Å²) in [6, 6.07) is 0. The quantitative estimate of drug-likeness (QED) is 0.737. The van der Waals surface area contributed by atoms with Gasteiger partial charge in [0, 0.05) is 6.54 Å². The van der Waals surface area contributed by atoms with Gasteiger partial charge in [0.05, 0.1) is 13.0 Å². The Bertz CT molecular complexity index is 217. The predicted octanol–water partition coefficient (Wildman–Crippen LogP) is 1.61. The zero-order valence-corrected chi connectivity index (χ0v) is 10.0. The number of carbonyl (C=O) groups is 1. The molecule has 3 nitrogen and oxygen atoms in total. The predicted molar refractivity (Wildman–Crippen MR) is 61.1 cm³/mol. The van der Waals surface area contributed by atoms with Gasteiger partial charge in [0.25, 0.3) is 0 Å². The zero-order chi connectivity index (χ0) is 9.97. The molecule has 0 bridgehead atoms. The second-order valence-corrected chi connectivity index (χ2v) is 4.50. The Balaban J connectivity index is 0.00000112. The molecular formula is C11H20ClNO2. The Labute approximate surface area is 97.4 Å². The lowest BCUT2D eigenvalue weighted by Gasteiger charge is -2.22. The molecule has 0 radical (unpaired) electrons. The third kappa shape index (κ3) is 2.64. The van der Waals surface area contributed by atoms with Gasteiger partial charge < -0.3 is 10.1 Å². The largest absolute Gasteiger partial charge is 0.469 e. The van der Waals surface area contributed by atoms with Gasteiger partial charge in [-0.05, 0) is 18.4 Å². The lowest BCUT2D eigenvalue weighted by molar-refractivity contribution is -0.146. The number of hydrogen-bond donors (Lipinski definition) is 1. The molecule has 0 aromatic carbocycles. The van der Waals surface area contributed by atoms with Crippen molar-refractivity contribution in [2.24, 2.45) is 17.8 Å². The first kappa shape index (κ1) is 12.8. The van der Waals surface area contributed by atoms with Crippen molar-refractivity contribution < 1.29 is 9.53 Å². The number of hydrogen-bond acceptors (Lipinski definition) is 3. The van der Waals surface area contributed by atoms with Crippen LogP contribution in [0.15, 0.2) is 0 Å². The highest BCUT2D eigenvalue weighted by Gasteiger charge is 2.39. The summed E-state index contributed by atoms with van der Waals surface area (Å²) >= 11 is 0. The molecule has 0 spiro atoms. The third-order valence-electron chi connectivity index (χ3n) is 3.77. The van der Waals surface area contributed by atoms with Crippen molar-refractivity contribution in [3.05, 3.63) is 0 Å². The average Bonchev–Trinajstić information content (AvgIpc) is 2.85. The number of ether oxygens (including phenoxy) is 1.